The molecule has 2 aromatic carbocycles. The van der Waals surface area contributed by atoms with Gasteiger partial charge in [-0.1, -0.05) is 6.07 Å². The lowest BCUT2D eigenvalue weighted by molar-refractivity contribution is 0.592. The smallest absolute Gasteiger partial charge is 0.263 e. The number of sulfonamides is 2. The summed E-state index contributed by atoms with van der Waals surface area (Å²) < 4.78 is 63.3. The number of hydrogen-bond acceptors (Lipinski definition) is 4. The van der Waals surface area contributed by atoms with Crippen LogP contribution in [0.4, 0.5) is 10.1 Å². The van der Waals surface area contributed by atoms with E-state index in [0.29, 0.717) is 10.5 Å². The van der Waals surface area contributed by atoms with Crippen LogP contribution in [0.1, 0.15) is 5.56 Å². The van der Waals surface area contributed by atoms with Crippen LogP contribution in [0, 0.1) is 12.7 Å². The fourth-order valence-electron chi connectivity index (χ4n) is 1.78. The van der Waals surface area contributed by atoms with Gasteiger partial charge in [0.25, 0.3) is 10.0 Å². The first kappa shape index (κ1) is 17.9. The first-order valence-corrected chi connectivity index (χ1v) is 9.94. The molecule has 0 atom stereocenters. The topological polar surface area (TPSA) is 106 Å². The lowest BCUT2D eigenvalue weighted by Crippen LogP contribution is -2.16. The number of anilines is 1. The van der Waals surface area contributed by atoms with Crippen molar-refractivity contribution in [2.45, 2.75) is 16.7 Å². The van der Waals surface area contributed by atoms with Gasteiger partial charge in [-0.2, -0.15) is 0 Å². The van der Waals surface area contributed by atoms with E-state index in [1.165, 1.54) is 6.07 Å². The summed E-state index contributed by atoms with van der Waals surface area (Å²) in [6.45, 7) is 1.79. The van der Waals surface area contributed by atoms with Gasteiger partial charge in [-0.3, -0.25) is 4.72 Å². The normalized spacial score (nSPS) is 12.2. The second kappa shape index (κ2) is 6.19. The highest BCUT2D eigenvalue weighted by molar-refractivity contribution is 9.10. The molecule has 2 rings (SSSR count). The molecule has 124 valence electrons. The highest BCUT2D eigenvalue weighted by Gasteiger charge is 2.20. The van der Waals surface area contributed by atoms with E-state index in [9.17, 15) is 21.2 Å². The first-order chi connectivity index (χ1) is 10.5. The Morgan fingerprint density at radius 2 is 1.74 bits per heavy atom. The van der Waals surface area contributed by atoms with Gasteiger partial charge < -0.3 is 0 Å². The molecule has 0 heterocycles. The molecule has 0 saturated heterocycles. The molecule has 0 aliphatic heterocycles. The summed E-state index contributed by atoms with van der Waals surface area (Å²) in [7, 11) is -8.12. The molecule has 0 fully saturated rings. The van der Waals surface area contributed by atoms with E-state index in [4.69, 9.17) is 5.14 Å². The van der Waals surface area contributed by atoms with E-state index >= 15 is 0 Å². The first-order valence-electron chi connectivity index (χ1n) is 6.12. The molecule has 0 spiro atoms. The number of primary sulfonamides is 1. The van der Waals surface area contributed by atoms with Crippen molar-refractivity contribution in [3.8, 4) is 0 Å². The molecule has 6 nitrogen and oxygen atoms in total. The Balaban J connectivity index is 2.42. The Bertz CT molecular complexity index is 975. The van der Waals surface area contributed by atoms with Crippen LogP contribution in [0.2, 0.25) is 0 Å². The molecule has 0 bridgehead atoms. The van der Waals surface area contributed by atoms with E-state index in [1.54, 1.807) is 19.1 Å². The highest BCUT2D eigenvalue weighted by atomic mass is 79.9. The molecule has 10 heteroatoms. The third kappa shape index (κ3) is 4.08. The average molecular weight is 423 g/mol. The Labute approximate surface area is 141 Å². The van der Waals surface area contributed by atoms with Crippen LogP contribution in [-0.4, -0.2) is 16.8 Å². The minimum atomic E-state index is -4.07. The second-order valence-electron chi connectivity index (χ2n) is 4.73. The molecular formula is C13H12BrFN2O4S2. The van der Waals surface area contributed by atoms with Crippen molar-refractivity contribution in [1.29, 1.82) is 0 Å². The van der Waals surface area contributed by atoms with Crippen LogP contribution in [0.15, 0.2) is 50.7 Å². The van der Waals surface area contributed by atoms with Crippen molar-refractivity contribution in [1.82, 2.24) is 0 Å². The third-order valence-corrected chi connectivity index (χ3v) is 6.14. The Morgan fingerprint density at radius 1 is 1.09 bits per heavy atom. The number of aryl methyl sites for hydroxylation is 1. The molecule has 3 N–H and O–H groups in total. The van der Waals surface area contributed by atoms with Gasteiger partial charge in [0.15, 0.2) is 0 Å². The van der Waals surface area contributed by atoms with Crippen molar-refractivity contribution in [3.63, 3.8) is 0 Å². The largest absolute Gasteiger partial charge is 0.277 e. The predicted molar refractivity (Wildman–Crippen MR) is 87.5 cm³/mol. The standard InChI is InChI=1S/C13H12BrFN2O4S2/c1-8-2-5-13(10(14)6-8)23(20,21)17-12-4-3-9(7-11(12)15)22(16,18)19/h2-7,17H,1H3,(H2,16,18,19). The molecule has 0 radical (unpaired) electrons. The van der Waals surface area contributed by atoms with Crippen LogP contribution in [0.3, 0.4) is 0 Å². The monoisotopic (exact) mass is 422 g/mol. The molecule has 0 unspecified atom stereocenters. The number of hydrogen-bond donors (Lipinski definition) is 2. The van der Waals surface area contributed by atoms with Crippen LogP contribution in [0.5, 0.6) is 0 Å². The zero-order valence-corrected chi connectivity index (χ0v) is 15.0. The quantitative estimate of drug-likeness (QED) is 0.787. The maximum atomic E-state index is 13.9. The Kier molecular flexibility index (Phi) is 4.81. The van der Waals surface area contributed by atoms with Crippen LogP contribution in [-0.2, 0) is 20.0 Å². The summed E-state index contributed by atoms with van der Waals surface area (Å²) in [4.78, 5) is -0.521. The van der Waals surface area contributed by atoms with E-state index in [2.05, 4.69) is 20.7 Å². The van der Waals surface area contributed by atoms with Crippen molar-refractivity contribution in [2.24, 2.45) is 5.14 Å². The zero-order valence-electron chi connectivity index (χ0n) is 11.7. The number of halogens is 2. The molecule has 0 aliphatic rings. The molecule has 0 aromatic heterocycles. The van der Waals surface area contributed by atoms with Gasteiger partial charge >= 0.3 is 0 Å². The lowest BCUT2D eigenvalue weighted by atomic mass is 10.2. The molecule has 2 aromatic rings. The van der Waals surface area contributed by atoms with E-state index in [-0.39, 0.29) is 10.6 Å². The summed E-state index contributed by atoms with van der Waals surface area (Å²) in [5, 5.41) is 4.89. The fraction of sp³-hybridized carbons (Fsp3) is 0.0769. The Morgan fingerprint density at radius 3 is 2.26 bits per heavy atom. The van der Waals surface area contributed by atoms with Crippen LogP contribution in [0.25, 0.3) is 0 Å². The molecule has 23 heavy (non-hydrogen) atoms. The predicted octanol–water partition coefficient (Wildman–Crippen LogP) is 2.34. The number of rotatable bonds is 4. The van der Waals surface area contributed by atoms with Crippen molar-refractivity contribution in [3.05, 3.63) is 52.3 Å². The van der Waals surface area contributed by atoms with E-state index in [0.717, 1.165) is 17.7 Å². The Hall–Kier alpha value is -1.49. The number of nitrogens with one attached hydrogen (secondary N) is 1. The van der Waals surface area contributed by atoms with Gasteiger partial charge in [-0.05, 0) is 58.7 Å². The fourth-order valence-corrected chi connectivity index (χ4v) is 4.56. The van der Waals surface area contributed by atoms with Gasteiger partial charge in [0.2, 0.25) is 10.0 Å². The summed E-state index contributed by atoms with van der Waals surface area (Å²) in [5.41, 5.74) is 0.462. The zero-order chi connectivity index (χ0) is 17.4. The molecule has 0 saturated carbocycles. The van der Waals surface area contributed by atoms with Crippen LogP contribution >= 0.6 is 15.9 Å². The van der Waals surface area contributed by atoms with Gasteiger partial charge in [0, 0.05) is 4.47 Å². The molecular weight excluding hydrogens is 411 g/mol. The van der Waals surface area contributed by atoms with Crippen LogP contribution < -0.4 is 9.86 Å². The molecule has 0 aliphatic carbocycles. The summed E-state index contributed by atoms with van der Waals surface area (Å²) in [5.74, 6) is -1.05. The van der Waals surface area contributed by atoms with Crippen molar-refractivity contribution >= 4 is 41.7 Å². The highest BCUT2D eigenvalue weighted by Crippen LogP contribution is 2.26. The third-order valence-electron chi connectivity index (χ3n) is 2.89. The van der Waals surface area contributed by atoms with Gasteiger partial charge in [0.05, 0.1) is 10.6 Å². The van der Waals surface area contributed by atoms with E-state index < -0.39 is 30.8 Å². The summed E-state index contributed by atoms with van der Waals surface area (Å²) in [6, 6.07) is 7.24. The average Bonchev–Trinajstić information content (AvgIpc) is 2.39. The molecule has 0 amide bonds. The second-order valence-corrected chi connectivity index (χ2v) is 8.79. The maximum Gasteiger partial charge on any atom is 0.263 e. The van der Waals surface area contributed by atoms with Gasteiger partial charge in [0.1, 0.15) is 10.7 Å². The minimum Gasteiger partial charge on any atom is -0.277 e. The lowest BCUT2D eigenvalue weighted by Gasteiger charge is -2.11. The number of benzene rings is 2. The summed E-state index contributed by atoms with van der Waals surface area (Å²) >= 11 is 3.14. The van der Waals surface area contributed by atoms with Crippen molar-refractivity contribution in [2.75, 3.05) is 4.72 Å². The number of nitrogens with two attached hydrogens (primary N) is 1. The maximum absolute atomic E-state index is 13.9. The summed E-state index contributed by atoms with van der Waals surface area (Å²) in [6.07, 6.45) is 0. The van der Waals surface area contributed by atoms with Gasteiger partial charge in [-0.25, -0.2) is 26.4 Å². The van der Waals surface area contributed by atoms with E-state index in [1.807, 2.05) is 0 Å². The van der Waals surface area contributed by atoms with Gasteiger partial charge in [-0.15, -0.1) is 0 Å². The SMILES string of the molecule is Cc1ccc(S(=O)(=O)Nc2ccc(S(N)(=O)=O)cc2F)c(Br)c1. The van der Waals surface area contributed by atoms with Crippen molar-refractivity contribution < 1.29 is 21.2 Å². The minimum absolute atomic E-state index is 0.0713.